The molecule has 0 bridgehead atoms. The number of nitrogens with one attached hydrogen (secondary N) is 1. The maximum absolute atomic E-state index is 5.69. The average Bonchev–Trinajstić information content (AvgIpc) is 2.30. The quantitative estimate of drug-likeness (QED) is 0.679. The van der Waals surface area contributed by atoms with Crippen molar-refractivity contribution in [2.75, 3.05) is 33.0 Å². The molecule has 0 unspecified atom stereocenters. The number of hydrogen-bond acceptors (Lipinski definition) is 3. The molecule has 0 aromatic rings. The fourth-order valence-electron chi connectivity index (χ4n) is 1.75. The van der Waals surface area contributed by atoms with Gasteiger partial charge in [-0.15, -0.1) is 0 Å². The summed E-state index contributed by atoms with van der Waals surface area (Å²) in [5.74, 6) is 0.716. The molecule has 0 aromatic heterocycles. The number of rotatable bonds is 7. The zero-order valence-electron chi connectivity index (χ0n) is 11.1. The highest BCUT2D eigenvalue weighted by Crippen LogP contribution is 2.14. The molecule has 1 rings (SSSR count). The second kappa shape index (κ2) is 7.25. The Morgan fingerprint density at radius 1 is 1.31 bits per heavy atom. The van der Waals surface area contributed by atoms with Crippen molar-refractivity contribution in [1.82, 2.24) is 5.32 Å². The number of ether oxygens (including phenoxy) is 2. The van der Waals surface area contributed by atoms with E-state index >= 15 is 0 Å². The molecule has 0 aromatic carbocycles. The first-order chi connectivity index (χ1) is 7.64. The van der Waals surface area contributed by atoms with Crippen LogP contribution in [0.3, 0.4) is 0 Å². The van der Waals surface area contributed by atoms with E-state index < -0.39 is 0 Å². The van der Waals surface area contributed by atoms with E-state index in [1.807, 2.05) is 0 Å². The first-order valence-electron chi connectivity index (χ1n) is 6.54. The van der Waals surface area contributed by atoms with Crippen LogP contribution in [0.1, 0.15) is 40.0 Å². The van der Waals surface area contributed by atoms with Gasteiger partial charge in [-0.3, -0.25) is 0 Å². The molecule has 3 heteroatoms. The summed E-state index contributed by atoms with van der Waals surface area (Å²) in [5.41, 5.74) is 0.238. The van der Waals surface area contributed by atoms with Crippen molar-refractivity contribution in [1.29, 1.82) is 0 Å². The second-order valence-corrected chi connectivity index (χ2v) is 5.29. The minimum Gasteiger partial charge on any atom is -0.381 e. The van der Waals surface area contributed by atoms with E-state index in [1.165, 1.54) is 0 Å². The lowest BCUT2D eigenvalue weighted by Crippen LogP contribution is -2.40. The molecule has 0 spiro atoms. The summed E-state index contributed by atoms with van der Waals surface area (Å²) < 4.78 is 11.0. The summed E-state index contributed by atoms with van der Waals surface area (Å²) in [7, 11) is 0. The summed E-state index contributed by atoms with van der Waals surface area (Å²) in [6.45, 7) is 11.2. The van der Waals surface area contributed by atoms with Gasteiger partial charge >= 0.3 is 0 Å². The summed E-state index contributed by atoms with van der Waals surface area (Å²) >= 11 is 0. The van der Waals surface area contributed by atoms with E-state index in [1.54, 1.807) is 0 Å². The lowest BCUT2D eigenvalue weighted by atomic mass is 10.0. The van der Waals surface area contributed by atoms with Crippen LogP contribution in [0.15, 0.2) is 0 Å². The predicted molar refractivity (Wildman–Crippen MR) is 66.7 cm³/mol. The molecule has 1 heterocycles. The Hall–Kier alpha value is -0.120. The van der Waals surface area contributed by atoms with Crippen molar-refractivity contribution >= 4 is 0 Å². The van der Waals surface area contributed by atoms with Crippen LogP contribution in [-0.4, -0.2) is 38.5 Å². The minimum absolute atomic E-state index is 0.238. The van der Waals surface area contributed by atoms with Gasteiger partial charge in [0.15, 0.2) is 0 Å². The SMILES string of the molecule is CCC(C)(C)NCCOCC1CCOCC1. The molecule has 0 atom stereocenters. The first kappa shape index (κ1) is 13.9. The van der Waals surface area contributed by atoms with E-state index in [9.17, 15) is 0 Å². The van der Waals surface area contributed by atoms with Gasteiger partial charge in [-0.05, 0) is 39.0 Å². The zero-order chi connectivity index (χ0) is 11.9. The highest BCUT2D eigenvalue weighted by atomic mass is 16.5. The van der Waals surface area contributed by atoms with Gasteiger partial charge in [0.1, 0.15) is 0 Å². The maximum atomic E-state index is 5.69. The molecular formula is C13H27NO2. The third-order valence-corrected chi connectivity index (χ3v) is 3.43. The third-order valence-electron chi connectivity index (χ3n) is 3.43. The Bertz CT molecular complexity index is 177. The highest BCUT2D eigenvalue weighted by molar-refractivity contribution is 4.74. The Labute approximate surface area is 99.9 Å². The van der Waals surface area contributed by atoms with E-state index in [0.717, 1.165) is 52.2 Å². The molecule has 16 heavy (non-hydrogen) atoms. The van der Waals surface area contributed by atoms with Crippen molar-refractivity contribution in [3.05, 3.63) is 0 Å². The van der Waals surface area contributed by atoms with Gasteiger partial charge in [-0.2, -0.15) is 0 Å². The highest BCUT2D eigenvalue weighted by Gasteiger charge is 2.15. The molecule has 1 aliphatic rings. The average molecular weight is 229 g/mol. The first-order valence-corrected chi connectivity index (χ1v) is 6.54. The molecule has 0 aliphatic carbocycles. The predicted octanol–water partition coefficient (Wildman–Crippen LogP) is 2.21. The smallest absolute Gasteiger partial charge is 0.0591 e. The van der Waals surface area contributed by atoms with Crippen molar-refractivity contribution in [2.45, 2.75) is 45.6 Å². The molecule has 1 saturated heterocycles. The summed E-state index contributed by atoms with van der Waals surface area (Å²) in [6.07, 6.45) is 3.47. The topological polar surface area (TPSA) is 30.5 Å². The fourth-order valence-corrected chi connectivity index (χ4v) is 1.75. The van der Waals surface area contributed by atoms with Gasteiger partial charge in [0.2, 0.25) is 0 Å². The van der Waals surface area contributed by atoms with E-state index in [2.05, 4.69) is 26.1 Å². The van der Waals surface area contributed by atoms with Crippen LogP contribution in [-0.2, 0) is 9.47 Å². The molecule has 0 saturated carbocycles. The summed E-state index contributed by atoms with van der Waals surface area (Å²) in [5, 5.41) is 3.50. The van der Waals surface area contributed by atoms with Gasteiger partial charge < -0.3 is 14.8 Å². The van der Waals surface area contributed by atoms with E-state index in [4.69, 9.17) is 9.47 Å². The zero-order valence-corrected chi connectivity index (χ0v) is 11.1. The van der Waals surface area contributed by atoms with Gasteiger partial charge in [0.05, 0.1) is 6.61 Å². The lowest BCUT2D eigenvalue weighted by molar-refractivity contribution is 0.0205. The van der Waals surface area contributed by atoms with Crippen molar-refractivity contribution < 1.29 is 9.47 Å². The fraction of sp³-hybridized carbons (Fsp3) is 1.00. The van der Waals surface area contributed by atoms with Crippen molar-refractivity contribution in [3.8, 4) is 0 Å². The molecule has 96 valence electrons. The van der Waals surface area contributed by atoms with Crippen LogP contribution >= 0.6 is 0 Å². The van der Waals surface area contributed by atoms with Crippen LogP contribution in [0, 0.1) is 5.92 Å². The maximum Gasteiger partial charge on any atom is 0.0591 e. The van der Waals surface area contributed by atoms with Gasteiger partial charge in [0.25, 0.3) is 0 Å². The number of hydrogen-bond donors (Lipinski definition) is 1. The molecule has 1 N–H and O–H groups in total. The molecule has 1 fully saturated rings. The van der Waals surface area contributed by atoms with Crippen LogP contribution < -0.4 is 5.32 Å². The van der Waals surface area contributed by atoms with E-state index in [0.29, 0.717) is 5.92 Å². The monoisotopic (exact) mass is 229 g/mol. The second-order valence-electron chi connectivity index (χ2n) is 5.29. The normalized spacial score (nSPS) is 18.9. The molecule has 3 nitrogen and oxygen atoms in total. The molecule has 0 amide bonds. The summed E-state index contributed by atoms with van der Waals surface area (Å²) in [4.78, 5) is 0. The van der Waals surface area contributed by atoms with Crippen LogP contribution in [0.4, 0.5) is 0 Å². The van der Waals surface area contributed by atoms with Gasteiger partial charge in [-0.25, -0.2) is 0 Å². The standard InChI is InChI=1S/C13H27NO2/c1-4-13(2,3)14-7-10-16-11-12-5-8-15-9-6-12/h12,14H,4-11H2,1-3H3. The molecule has 0 radical (unpaired) electrons. The van der Waals surface area contributed by atoms with E-state index in [-0.39, 0.29) is 5.54 Å². The summed E-state index contributed by atoms with van der Waals surface area (Å²) in [6, 6.07) is 0. The Kier molecular flexibility index (Phi) is 6.32. The Morgan fingerprint density at radius 3 is 2.62 bits per heavy atom. The van der Waals surface area contributed by atoms with Gasteiger partial charge in [0, 0.05) is 31.9 Å². The molecule has 1 aliphatic heterocycles. The van der Waals surface area contributed by atoms with Gasteiger partial charge in [-0.1, -0.05) is 6.92 Å². The minimum atomic E-state index is 0.238. The molecular weight excluding hydrogens is 202 g/mol. The Balaban J connectivity index is 1.95. The Morgan fingerprint density at radius 2 is 2.00 bits per heavy atom. The largest absolute Gasteiger partial charge is 0.381 e. The third kappa shape index (κ3) is 5.83. The van der Waals surface area contributed by atoms with Crippen molar-refractivity contribution in [2.24, 2.45) is 5.92 Å². The lowest BCUT2D eigenvalue weighted by Gasteiger charge is -2.25. The van der Waals surface area contributed by atoms with Crippen LogP contribution in [0.5, 0.6) is 0 Å². The van der Waals surface area contributed by atoms with Crippen LogP contribution in [0.25, 0.3) is 0 Å². The van der Waals surface area contributed by atoms with Crippen LogP contribution in [0.2, 0.25) is 0 Å². The van der Waals surface area contributed by atoms with Crippen molar-refractivity contribution in [3.63, 3.8) is 0 Å².